The normalized spacial score (nSPS) is 10.2. The number of nitrogens with one attached hydrogen (secondary N) is 1. The van der Waals surface area contributed by atoms with Gasteiger partial charge in [-0.05, 0) is 48.4 Å². The van der Waals surface area contributed by atoms with E-state index in [2.05, 4.69) is 21.2 Å². The molecular weight excluding hydrogens is 334 g/mol. The first-order valence-corrected chi connectivity index (χ1v) is 7.13. The molecule has 0 spiro atoms. The number of carboxylic acid groups (broad SMARTS) is 1. The number of aromatic carboxylic acids is 1. The van der Waals surface area contributed by atoms with Crippen molar-refractivity contribution >= 4 is 27.8 Å². The Bertz CT molecular complexity index is 680. The zero-order valence-corrected chi connectivity index (χ0v) is 13.0. The Balaban J connectivity index is 2.02. The predicted octanol–water partition coefficient (Wildman–Crippen LogP) is 3.39. The summed E-state index contributed by atoms with van der Waals surface area (Å²) in [6.07, 6.45) is 0. The van der Waals surface area contributed by atoms with E-state index in [1.165, 1.54) is 12.1 Å². The van der Waals surface area contributed by atoms with Crippen molar-refractivity contribution in [2.24, 2.45) is 0 Å². The second-order valence-corrected chi connectivity index (χ2v) is 5.56. The highest BCUT2D eigenvalue weighted by atomic mass is 79.9. The second-order valence-electron chi connectivity index (χ2n) is 4.64. The molecule has 2 aromatic rings. The highest BCUT2D eigenvalue weighted by Gasteiger charge is 2.09. The molecule has 0 atom stereocenters. The second kappa shape index (κ2) is 6.54. The molecule has 0 aliphatic heterocycles. The molecule has 0 aliphatic carbocycles. The molecule has 0 heterocycles. The first kappa shape index (κ1) is 15.3. The van der Waals surface area contributed by atoms with Gasteiger partial charge in [-0.25, -0.2) is 4.79 Å². The van der Waals surface area contributed by atoms with Crippen LogP contribution in [-0.2, 0) is 6.54 Å². The summed E-state index contributed by atoms with van der Waals surface area (Å²) in [5.41, 5.74) is 2.60. The number of rotatable bonds is 4. The molecule has 0 saturated heterocycles. The fourth-order valence-electron chi connectivity index (χ4n) is 1.92. The van der Waals surface area contributed by atoms with Gasteiger partial charge in [0.1, 0.15) is 0 Å². The van der Waals surface area contributed by atoms with Crippen molar-refractivity contribution in [1.82, 2.24) is 5.32 Å². The van der Waals surface area contributed by atoms with E-state index < -0.39 is 5.97 Å². The third kappa shape index (κ3) is 3.92. The van der Waals surface area contributed by atoms with Crippen LogP contribution in [0.25, 0.3) is 0 Å². The smallest absolute Gasteiger partial charge is 0.335 e. The number of aryl methyl sites for hydroxylation is 1. The number of carbonyl (C=O) groups is 2. The lowest BCUT2D eigenvalue weighted by Gasteiger charge is -2.08. The van der Waals surface area contributed by atoms with Gasteiger partial charge < -0.3 is 10.4 Å². The summed E-state index contributed by atoms with van der Waals surface area (Å²) in [6, 6.07) is 11.9. The Hall–Kier alpha value is -2.14. The van der Waals surface area contributed by atoms with Gasteiger partial charge in [0.15, 0.2) is 0 Å². The Kier molecular flexibility index (Phi) is 4.75. The van der Waals surface area contributed by atoms with Crippen LogP contribution in [0.3, 0.4) is 0 Å². The van der Waals surface area contributed by atoms with Crippen molar-refractivity contribution in [2.45, 2.75) is 13.5 Å². The maximum absolute atomic E-state index is 12.1. The average Bonchev–Trinajstić information content (AvgIpc) is 2.45. The Morgan fingerprint density at radius 3 is 2.38 bits per heavy atom. The molecule has 5 heteroatoms. The quantitative estimate of drug-likeness (QED) is 0.890. The third-order valence-electron chi connectivity index (χ3n) is 3.09. The predicted molar refractivity (Wildman–Crippen MR) is 83.5 cm³/mol. The lowest BCUT2D eigenvalue weighted by Crippen LogP contribution is -2.23. The van der Waals surface area contributed by atoms with Crippen molar-refractivity contribution < 1.29 is 14.7 Å². The highest BCUT2D eigenvalue weighted by molar-refractivity contribution is 9.10. The van der Waals surface area contributed by atoms with Crippen LogP contribution in [0.4, 0.5) is 0 Å². The molecule has 1 amide bonds. The van der Waals surface area contributed by atoms with Gasteiger partial charge in [-0.2, -0.15) is 0 Å². The summed E-state index contributed by atoms with van der Waals surface area (Å²) >= 11 is 3.36. The Morgan fingerprint density at radius 2 is 1.81 bits per heavy atom. The maximum Gasteiger partial charge on any atom is 0.335 e. The van der Waals surface area contributed by atoms with Gasteiger partial charge in [-0.15, -0.1) is 0 Å². The van der Waals surface area contributed by atoms with Crippen LogP contribution in [0.1, 0.15) is 31.8 Å². The van der Waals surface area contributed by atoms with E-state index in [9.17, 15) is 9.59 Å². The zero-order valence-electron chi connectivity index (χ0n) is 11.4. The molecule has 0 bridgehead atoms. The van der Waals surface area contributed by atoms with Gasteiger partial charge in [0, 0.05) is 16.6 Å². The van der Waals surface area contributed by atoms with Crippen LogP contribution in [-0.4, -0.2) is 17.0 Å². The summed E-state index contributed by atoms with van der Waals surface area (Å²) in [6.45, 7) is 2.23. The molecule has 108 valence electrons. The van der Waals surface area contributed by atoms with Crippen molar-refractivity contribution in [3.05, 3.63) is 69.2 Å². The molecule has 0 unspecified atom stereocenters. The topological polar surface area (TPSA) is 66.4 Å². The molecule has 0 aliphatic rings. The number of halogens is 1. The summed E-state index contributed by atoms with van der Waals surface area (Å²) in [4.78, 5) is 22.9. The number of hydrogen-bond acceptors (Lipinski definition) is 2. The number of carboxylic acids is 1. The monoisotopic (exact) mass is 347 g/mol. The van der Waals surface area contributed by atoms with Gasteiger partial charge in [-0.3, -0.25) is 4.79 Å². The van der Waals surface area contributed by atoms with Crippen LogP contribution < -0.4 is 5.32 Å². The molecule has 21 heavy (non-hydrogen) atoms. The molecule has 4 nitrogen and oxygen atoms in total. The largest absolute Gasteiger partial charge is 0.478 e. The van der Waals surface area contributed by atoms with Crippen molar-refractivity contribution in [3.63, 3.8) is 0 Å². The molecule has 2 aromatic carbocycles. The van der Waals surface area contributed by atoms with Crippen LogP contribution >= 0.6 is 15.9 Å². The van der Waals surface area contributed by atoms with E-state index in [0.717, 1.165) is 15.6 Å². The van der Waals surface area contributed by atoms with Crippen LogP contribution in [0, 0.1) is 6.92 Å². The molecule has 0 saturated carbocycles. The van der Waals surface area contributed by atoms with E-state index >= 15 is 0 Å². The minimum absolute atomic E-state index is 0.151. The molecule has 2 N–H and O–H groups in total. The van der Waals surface area contributed by atoms with Crippen molar-refractivity contribution in [1.29, 1.82) is 0 Å². The van der Waals surface area contributed by atoms with Gasteiger partial charge in [-0.1, -0.05) is 28.1 Å². The molecule has 0 aromatic heterocycles. The standard InChI is InChI=1S/C16H14BrNO3/c1-10-8-13(17)6-7-14(10)15(19)18-9-11-2-4-12(5-3-11)16(20)21/h2-8H,9H2,1H3,(H,18,19)(H,20,21). The van der Waals surface area contributed by atoms with Crippen molar-refractivity contribution in [2.75, 3.05) is 0 Å². The summed E-state index contributed by atoms with van der Waals surface area (Å²) in [5, 5.41) is 11.6. The highest BCUT2D eigenvalue weighted by Crippen LogP contribution is 2.16. The first-order chi connectivity index (χ1) is 9.97. The van der Waals surface area contributed by atoms with E-state index in [1.807, 2.05) is 19.1 Å². The van der Waals surface area contributed by atoms with Crippen molar-refractivity contribution in [3.8, 4) is 0 Å². The lowest BCUT2D eigenvalue weighted by atomic mass is 10.1. The fraction of sp³-hybridized carbons (Fsp3) is 0.125. The van der Waals surface area contributed by atoms with E-state index in [1.54, 1.807) is 18.2 Å². The number of carbonyl (C=O) groups excluding carboxylic acids is 1. The van der Waals surface area contributed by atoms with E-state index in [-0.39, 0.29) is 11.5 Å². The van der Waals surface area contributed by atoms with Gasteiger partial charge in [0.2, 0.25) is 0 Å². The van der Waals surface area contributed by atoms with Gasteiger partial charge >= 0.3 is 5.97 Å². The Labute approximate surface area is 130 Å². The minimum Gasteiger partial charge on any atom is -0.478 e. The van der Waals surface area contributed by atoms with Crippen LogP contribution in [0.2, 0.25) is 0 Å². The van der Waals surface area contributed by atoms with E-state index in [4.69, 9.17) is 5.11 Å². The van der Waals surface area contributed by atoms with Gasteiger partial charge in [0.25, 0.3) is 5.91 Å². The Morgan fingerprint density at radius 1 is 1.14 bits per heavy atom. The third-order valence-corrected chi connectivity index (χ3v) is 3.58. The molecule has 2 rings (SSSR count). The molecule has 0 radical (unpaired) electrons. The average molecular weight is 348 g/mol. The number of hydrogen-bond donors (Lipinski definition) is 2. The molecule has 0 fully saturated rings. The molecular formula is C16H14BrNO3. The minimum atomic E-state index is -0.962. The number of amides is 1. The zero-order chi connectivity index (χ0) is 15.4. The fourth-order valence-corrected chi connectivity index (χ4v) is 2.40. The maximum atomic E-state index is 12.1. The lowest BCUT2D eigenvalue weighted by molar-refractivity contribution is 0.0696. The first-order valence-electron chi connectivity index (χ1n) is 6.34. The summed E-state index contributed by atoms with van der Waals surface area (Å²) in [5.74, 6) is -1.11. The SMILES string of the molecule is Cc1cc(Br)ccc1C(=O)NCc1ccc(C(=O)O)cc1. The summed E-state index contributed by atoms with van der Waals surface area (Å²) in [7, 11) is 0. The number of benzene rings is 2. The van der Waals surface area contributed by atoms with E-state index in [0.29, 0.717) is 12.1 Å². The van der Waals surface area contributed by atoms with Crippen LogP contribution in [0.15, 0.2) is 46.9 Å². The van der Waals surface area contributed by atoms with Gasteiger partial charge in [0.05, 0.1) is 5.56 Å². The van der Waals surface area contributed by atoms with Crippen LogP contribution in [0.5, 0.6) is 0 Å². The summed E-state index contributed by atoms with van der Waals surface area (Å²) < 4.78 is 0.931.